The zero-order valence-corrected chi connectivity index (χ0v) is 15.0. The summed E-state index contributed by atoms with van der Waals surface area (Å²) in [5.74, 6) is -0.885. The summed E-state index contributed by atoms with van der Waals surface area (Å²) in [4.78, 5) is 11.8. The van der Waals surface area contributed by atoms with Gasteiger partial charge >= 0.3 is 5.97 Å². The van der Waals surface area contributed by atoms with Crippen LogP contribution in [0.15, 0.2) is 53.9 Å². The number of dihydropyridines is 1. The Kier molecular flexibility index (Phi) is 5.86. The van der Waals surface area contributed by atoms with Crippen molar-refractivity contribution in [3.8, 4) is 0 Å². The second-order valence-electron chi connectivity index (χ2n) is 5.74. The molecular weight excluding hydrogens is 344 g/mol. The van der Waals surface area contributed by atoms with Crippen molar-refractivity contribution in [3.63, 3.8) is 0 Å². The average Bonchev–Trinajstić information content (AvgIpc) is 2.50. The molecule has 7 nitrogen and oxygen atoms in total. The van der Waals surface area contributed by atoms with Crippen molar-refractivity contribution in [2.45, 2.75) is 31.7 Å². The lowest BCUT2D eigenvalue weighted by atomic mass is 10.0. The number of carbonyl (C=O) groups excluding carboxylic acids is 1. The molecule has 1 aliphatic heterocycles. The van der Waals surface area contributed by atoms with Gasteiger partial charge in [0.25, 0.3) is 0 Å². The molecule has 1 atom stereocenters. The Labute approximate surface area is 147 Å². The highest BCUT2D eigenvalue weighted by Crippen LogP contribution is 2.23. The first-order valence-electron chi connectivity index (χ1n) is 7.84. The summed E-state index contributed by atoms with van der Waals surface area (Å²) >= 11 is 0. The first-order chi connectivity index (χ1) is 11.7. The van der Waals surface area contributed by atoms with E-state index in [9.17, 15) is 18.3 Å². The molecular formula is C17H22N2O5S. The average molecular weight is 366 g/mol. The summed E-state index contributed by atoms with van der Waals surface area (Å²) in [5, 5.41) is 13.5. The quantitative estimate of drug-likeness (QED) is 0.625. The molecule has 0 saturated carbocycles. The van der Waals surface area contributed by atoms with E-state index in [2.05, 4.69) is 10.0 Å². The second-order valence-corrected chi connectivity index (χ2v) is 7.47. The summed E-state index contributed by atoms with van der Waals surface area (Å²) < 4.78 is 32.1. The molecule has 1 aliphatic rings. The minimum Gasteiger partial charge on any atom is -0.466 e. The fourth-order valence-electron chi connectivity index (χ4n) is 2.46. The van der Waals surface area contributed by atoms with Crippen LogP contribution in [0.2, 0.25) is 0 Å². The molecule has 1 unspecified atom stereocenters. The van der Waals surface area contributed by atoms with Gasteiger partial charge in [-0.2, -0.15) is 0 Å². The Morgan fingerprint density at radius 1 is 1.28 bits per heavy atom. The van der Waals surface area contributed by atoms with Crippen LogP contribution in [0.5, 0.6) is 0 Å². The smallest absolute Gasteiger partial charge is 0.311 e. The minimum absolute atomic E-state index is 0.0258. The molecule has 136 valence electrons. The number of aliphatic hydroxyl groups is 1. The first kappa shape index (κ1) is 19.0. The van der Waals surface area contributed by atoms with Gasteiger partial charge in [-0.15, -0.1) is 0 Å². The summed E-state index contributed by atoms with van der Waals surface area (Å²) in [6, 6.07) is 8.68. The predicted molar refractivity (Wildman–Crippen MR) is 93.4 cm³/mol. The van der Waals surface area contributed by atoms with Crippen LogP contribution in [0.25, 0.3) is 0 Å². The molecule has 0 fully saturated rings. The molecule has 1 aromatic rings. The number of benzene rings is 1. The van der Waals surface area contributed by atoms with Gasteiger partial charge in [0.15, 0.2) is 5.72 Å². The maximum atomic E-state index is 12.4. The molecule has 3 N–H and O–H groups in total. The highest BCUT2D eigenvalue weighted by atomic mass is 32.2. The summed E-state index contributed by atoms with van der Waals surface area (Å²) in [6.07, 6.45) is 2.62. The van der Waals surface area contributed by atoms with Crippen LogP contribution in [0.4, 0.5) is 0 Å². The highest BCUT2D eigenvalue weighted by molar-refractivity contribution is 7.88. The molecule has 1 heterocycles. The Bertz CT molecular complexity index is 787. The van der Waals surface area contributed by atoms with E-state index in [-0.39, 0.29) is 18.1 Å². The van der Waals surface area contributed by atoms with Crippen LogP contribution in [-0.2, 0) is 25.3 Å². The molecule has 0 bridgehead atoms. The lowest BCUT2D eigenvalue weighted by Crippen LogP contribution is -2.53. The van der Waals surface area contributed by atoms with Crippen LogP contribution in [0.1, 0.15) is 25.8 Å². The fraction of sp³-hybridized carbons (Fsp3) is 0.353. The predicted octanol–water partition coefficient (Wildman–Crippen LogP) is 1.14. The zero-order valence-electron chi connectivity index (χ0n) is 14.2. The molecule has 0 aromatic heterocycles. The molecule has 2 rings (SSSR count). The van der Waals surface area contributed by atoms with Crippen molar-refractivity contribution >= 4 is 16.0 Å². The van der Waals surface area contributed by atoms with Gasteiger partial charge < -0.3 is 15.2 Å². The minimum atomic E-state index is -3.77. The molecule has 0 radical (unpaired) electrons. The van der Waals surface area contributed by atoms with E-state index >= 15 is 0 Å². The summed E-state index contributed by atoms with van der Waals surface area (Å²) in [5.41, 5.74) is -0.700. The van der Waals surface area contributed by atoms with Crippen LogP contribution in [0, 0.1) is 0 Å². The van der Waals surface area contributed by atoms with Crippen LogP contribution >= 0.6 is 0 Å². The summed E-state index contributed by atoms with van der Waals surface area (Å²) in [7, 11) is -3.77. The Morgan fingerprint density at radius 3 is 2.60 bits per heavy atom. The zero-order chi connectivity index (χ0) is 18.5. The number of ether oxygens (including phenoxy) is 1. The van der Waals surface area contributed by atoms with Crippen LogP contribution < -0.4 is 10.0 Å². The van der Waals surface area contributed by atoms with E-state index in [0.29, 0.717) is 11.3 Å². The van der Waals surface area contributed by atoms with Gasteiger partial charge in [-0.3, -0.25) is 9.52 Å². The van der Waals surface area contributed by atoms with E-state index in [1.165, 1.54) is 6.08 Å². The molecule has 0 amide bonds. The maximum Gasteiger partial charge on any atom is 0.311 e. The number of carbonyl (C=O) groups is 1. The third-order valence-corrected chi connectivity index (χ3v) is 4.76. The van der Waals surface area contributed by atoms with Gasteiger partial charge in [-0.1, -0.05) is 30.3 Å². The standard InChI is InChI=1S/C17H22N2O5S/c1-3-24-16(20)11-17(21)15(10-9-13(2)18-17)19-25(22,23)12-14-7-5-4-6-8-14/h4-10,18-19,21H,3,11-12H2,1-2H3. The molecule has 25 heavy (non-hydrogen) atoms. The maximum absolute atomic E-state index is 12.4. The van der Waals surface area contributed by atoms with E-state index < -0.39 is 28.1 Å². The van der Waals surface area contributed by atoms with E-state index in [4.69, 9.17) is 4.74 Å². The number of sulfonamides is 1. The van der Waals surface area contributed by atoms with Gasteiger partial charge in [0, 0.05) is 5.70 Å². The largest absolute Gasteiger partial charge is 0.466 e. The molecule has 0 saturated heterocycles. The fourth-order valence-corrected chi connectivity index (χ4v) is 3.73. The van der Waals surface area contributed by atoms with Crippen molar-refractivity contribution in [2.75, 3.05) is 6.61 Å². The molecule has 1 aromatic carbocycles. The SMILES string of the molecule is CCOC(=O)CC1(O)NC(C)=CC=C1NS(=O)(=O)Cc1ccccc1. The van der Waals surface area contributed by atoms with Crippen LogP contribution in [0.3, 0.4) is 0 Å². The van der Waals surface area contributed by atoms with E-state index in [0.717, 1.165) is 0 Å². The van der Waals surface area contributed by atoms with Gasteiger partial charge in [0.05, 0.1) is 24.5 Å². The van der Waals surface area contributed by atoms with Crippen molar-refractivity contribution < 1.29 is 23.1 Å². The van der Waals surface area contributed by atoms with Crippen molar-refractivity contribution in [1.82, 2.24) is 10.0 Å². The topological polar surface area (TPSA) is 105 Å². The van der Waals surface area contributed by atoms with Crippen molar-refractivity contribution in [1.29, 1.82) is 0 Å². The van der Waals surface area contributed by atoms with Crippen molar-refractivity contribution in [3.05, 3.63) is 59.4 Å². The first-order valence-corrected chi connectivity index (χ1v) is 9.49. The van der Waals surface area contributed by atoms with Crippen molar-refractivity contribution in [2.24, 2.45) is 0 Å². The normalized spacial score (nSPS) is 20.1. The summed E-state index contributed by atoms with van der Waals surface area (Å²) in [6.45, 7) is 3.52. The monoisotopic (exact) mass is 366 g/mol. The highest BCUT2D eigenvalue weighted by Gasteiger charge is 2.38. The molecule has 0 spiro atoms. The number of nitrogens with one attached hydrogen (secondary N) is 2. The van der Waals surface area contributed by atoms with Gasteiger partial charge in [0.2, 0.25) is 10.0 Å². The number of esters is 1. The lowest BCUT2D eigenvalue weighted by molar-refractivity contribution is -0.148. The number of allylic oxidation sites excluding steroid dienone is 3. The van der Waals surface area contributed by atoms with E-state index in [1.807, 2.05) is 0 Å². The Hall–Kier alpha value is -2.32. The Morgan fingerprint density at radius 2 is 1.96 bits per heavy atom. The number of hydrogen-bond acceptors (Lipinski definition) is 6. The number of rotatable bonds is 7. The molecule has 8 heteroatoms. The van der Waals surface area contributed by atoms with Crippen LogP contribution in [-0.4, -0.2) is 31.8 Å². The lowest BCUT2D eigenvalue weighted by Gasteiger charge is -2.34. The van der Waals surface area contributed by atoms with E-state index in [1.54, 1.807) is 50.3 Å². The Balaban J connectivity index is 2.20. The second kappa shape index (κ2) is 7.71. The number of hydrogen-bond donors (Lipinski definition) is 3. The molecule has 0 aliphatic carbocycles. The third kappa shape index (κ3) is 5.33. The van der Waals surface area contributed by atoms with Gasteiger partial charge in [0.1, 0.15) is 0 Å². The van der Waals surface area contributed by atoms with Gasteiger partial charge in [-0.25, -0.2) is 8.42 Å². The third-order valence-electron chi connectivity index (χ3n) is 3.52. The van der Waals surface area contributed by atoms with Gasteiger partial charge in [-0.05, 0) is 31.6 Å².